The lowest BCUT2D eigenvalue weighted by Crippen LogP contribution is -2.33. The van der Waals surface area contributed by atoms with Gasteiger partial charge in [0.1, 0.15) is 5.82 Å². The molecule has 0 aliphatic carbocycles. The lowest BCUT2D eigenvalue weighted by molar-refractivity contribution is 0.157. The van der Waals surface area contributed by atoms with E-state index in [2.05, 4.69) is 41.2 Å². The molecule has 1 N–H and O–H groups in total. The highest BCUT2D eigenvalue weighted by Crippen LogP contribution is 2.33. The summed E-state index contributed by atoms with van der Waals surface area (Å²) in [6.07, 6.45) is 8.27. The molecule has 1 fully saturated rings. The minimum absolute atomic E-state index is 0.552. The Morgan fingerprint density at radius 3 is 3.05 bits per heavy atom. The molecule has 1 aliphatic heterocycles. The fraction of sp³-hybridized carbons (Fsp3) is 0.688. The summed E-state index contributed by atoms with van der Waals surface area (Å²) in [4.78, 5) is 7.15. The third kappa shape index (κ3) is 3.69. The van der Waals surface area contributed by atoms with Crippen LogP contribution in [-0.2, 0) is 0 Å². The van der Waals surface area contributed by atoms with Crippen LogP contribution in [0.3, 0.4) is 0 Å². The van der Waals surface area contributed by atoms with Crippen LogP contribution in [0.2, 0.25) is 0 Å². The van der Waals surface area contributed by atoms with Crippen LogP contribution >= 0.6 is 0 Å². The van der Waals surface area contributed by atoms with Crippen LogP contribution in [0.15, 0.2) is 18.3 Å². The number of anilines is 1. The molecule has 19 heavy (non-hydrogen) atoms. The van der Waals surface area contributed by atoms with Crippen molar-refractivity contribution in [2.75, 3.05) is 25.0 Å². The van der Waals surface area contributed by atoms with Crippen LogP contribution in [0, 0.1) is 0 Å². The highest BCUT2D eigenvalue weighted by Gasteiger charge is 2.24. The standard InChI is InChI=1S/C16H27N3/c1-3-5-11-17-16-14(9-8-12-18-16)15-10-6-7-13-19(15)4-2/h8-9,12,15H,3-7,10-11,13H2,1-2H3,(H,17,18)/t15-/m1/s1. The zero-order chi connectivity index (χ0) is 13.5. The van der Waals surface area contributed by atoms with Crippen molar-refractivity contribution in [1.29, 1.82) is 0 Å². The summed E-state index contributed by atoms with van der Waals surface area (Å²) >= 11 is 0. The molecule has 0 unspecified atom stereocenters. The minimum Gasteiger partial charge on any atom is -0.370 e. The van der Waals surface area contributed by atoms with E-state index in [0.717, 1.165) is 18.9 Å². The molecular weight excluding hydrogens is 234 g/mol. The molecule has 106 valence electrons. The molecule has 2 rings (SSSR count). The molecule has 0 amide bonds. The zero-order valence-corrected chi connectivity index (χ0v) is 12.4. The van der Waals surface area contributed by atoms with Gasteiger partial charge in [0.2, 0.25) is 0 Å². The lowest BCUT2D eigenvalue weighted by atomic mass is 9.95. The fourth-order valence-corrected chi connectivity index (χ4v) is 2.94. The number of aromatic nitrogens is 1. The van der Waals surface area contributed by atoms with Crippen molar-refractivity contribution >= 4 is 5.82 Å². The summed E-state index contributed by atoms with van der Waals surface area (Å²) in [7, 11) is 0. The number of pyridine rings is 1. The highest BCUT2D eigenvalue weighted by atomic mass is 15.2. The van der Waals surface area contributed by atoms with Crippen LogP contribution in [0.4, 0.5) is 5.82 Å². The molecule has 3 heteroatoms. The Hall–Kier alpha value is -1.09. The number of piperidine rings is 1. The number of nitrogens with zero attached hydrogens (tertiary/aromatic N) is 2. The van der Waals surface area contributed by atoms with E-state index in [9.17, 15) is 0 Å². The molecule has 3 nitrogen and oxygen atoms in total. The predicted molar refractivity (Wildman–Crippen MR) is 81.5 cm³/mol. The topological polar surface area (TPSA) is 28.2 Å². The Bertz CT molecular complexity index is 378. The molecule has 0 spiro atoms. The van der Waals surface area contributed by atoms with Crippen LogP contribution < -0.4 is 5.32 Å². The first-order valence-corrected chi connectivity index (χ1v) is 7.79. The van der Waals surface area contributed by atoms with Gasteiger partial charge < -0.3 is 5.32 Å². The van der Waals surface area contributed by atoms with Crippen molar-refractivity contribution in [3.63, 3.8) is 0 Å². The van der Waals surface area contributed by atoms with Crippen molar-refractivity contribution in [1.82, 2.24) is 9.88 Å². The average molecular weight is 261 g/mol. The molecule has 2 heterocycles. The van der Waals surface area contributed by atoms with E-state index in [4.69, 9.17) is 0 Å². The van der Waals surface area contributed by atoms with E-state index in [0.29, 0.717) is 6.04 Å². The van der Waals surface area contributed by atoms with Gasteiger partial charge in [0.25, 0.3) is 0 Å². The van der Waals surface area contributed by atoms with Crippen molar-refractivity contribution < 1.29 is 0 Å². The quantitative estimate of drug-likeness (QED) is 0.789. The maximum atomic E-state index is 4.56. The minimum atomic E-state index is 0.552. The molecule has 0 saturated carbocycles. The summed E-state index contributed by atoms with van der Waals surface area (Å²) < 4.78 is 0. The first kappa shape index (κ1) is 14.3. The average Bonchev–Trinajstić information content (AvgIpc) is 2.48. The summed E-state index contributed by atoms with van der Waals surface area (Å²) in [5, 5.41) is 3.52. The monoisotopic (exact) mass is 261 g/mol. The van der Waals surface area contributed by atoms with E-state index >= 15 is 0 Å². The van der Waals surface area contributed by atoms with Gasteiger partial charge in [0.15, 0.2) is 0 Å². The van der Waals surface area contributed by atoms with E-state index < -0.39 is 0 Å². The Balaban J connectivity index is 2.12. The van der Waals surface area contributed by atoms with Crippen molar-refractivity contribution in [3.05, 3.63) is 23.9 Å². The second-order valence-corrected chi connectivity index (χ2v) is 5.36. The molecule has 1 aromatic rings. The Kier molecular flexibility index (Phi) is 5.64. The summed E-state index contributed by atoms with van der Waals surface area (Å²) in [5.74, 6) is 1.10. The van der Waals surface area contributed by atoms with Crippen molar-refractivity contribution in [3.8, 4) is 0 Å². The fourth-order valence-electron chi connectivity index (χ4n) is 2.94. The van der Waals surface area contributed by atoms with Crippen LogP contribution in [0.5, 0.6) is 0 Å². The van der Waals surface area contributed by atoms with Crippen molar-refractivity contribution in [2.24, 2.45) is 0 Å². The normalized spacial score (nSPS) is 20.4. The maximum absolute atomic E-state index is 4.56. The number of hydrogen-bond donors (Lipinski definition) is 1. The van der Waals surface area contributed by atoms with Gasteiger partial charge >= 0.3 is 0 Å². The van der Waals surface area contributed by atoms with E-state index in [1.807, 2.05) is 6.20 Å². The number of likely N-dealkylation sites (tertiary alicyclic amines) is 1. The van der Waals surface area contributed by atoms with Gasteiger partial charge in [0, 0.05) is 24.3 Å². The second kappa shape index (κ2) is 7.49. The number of nitrogens with one attached hydrogen (secondary N) is 1. The molecule has 1 aliphatic rings. The molecule has 0 aromatic carbocycles. The largest absolute Gasteiger partial charge is 0.370 e. The van der Waals surface area contributed by atoms with Crippen LogP contribution in [0.25, 0.3) is 0 Å². The molecular formula is C16H27N3. The third-order valence-electron chi connectivity index (χ3n) is 4.04. The summed E-state index contributed by atoms with van der Waals surface area (Å²) in [5.41, 5.74) is 1.39. The molecule has 1 atom stereocenters. The van der Waals surface area contributed by atoms with Gasteiger partial charge in [-0.3, -0.25) is 4.90 Å². The summed E-state index contributed by atoms with van der Waals surface area (Å²) in [6.45, 7) is 7.87. The Labute approximate surface area is 117 Å². The zero-order valence-electron chi connectivity index (χ0n) is 12.4. The SMILES string of the molecule is CCCCNc1ncccc1[C@H]1CCCCN1CC. The molecule has 1 aromatic heterocycles. The number of rotatable bonds is 6. The van der Waals surface area contributed by atoms with Gasteiger partial charge in [-0.15, -0.1) is 0 Å². The first-order chi connectivity index (χ1) is 9.36. The Morgan fingerprint density at radius 2 is 2.26 bits per heavy atom. The molecule has 0 bridgehead atoms. The molecule has 0 radical (unpaired) electrons. The van der Waals surface area contributed by atoms with Gasteiger partial charge in [-0.2, -0.15) is 0 Å². The van der Waals surface area contributed by atoms with Gasteiger partial charge in [-0.1, -0.05) is 32.8 Å². The summed E-state index contributed by atoms with van der Waals surface area (Å²) in [6, 6.07) is 4.87. The van der Waals surface area contributed by atoms with Gasteiger partial charge in [0.05, 0.1) is 0 Å². The molecule has 1 saturated heterocycles. The third-order valence-corrected chi connectivity index (χ3v) is 4.04. The highest BCUT2D eigenvalue weighted by molar-refractivity contribution is 5.45. The first-order valence-electron chi connectivity index (χ1n) is 7.79. The van der Waals surface area contributed by atoms with E-state index in [1.54, 1.807) is 0 Å². The van der Waals surface area contributed by atoms with Gasteiger partial charge in [-0.25, -0.2) is 4.98 Å². The van der Waals surface area contributed by atoms with E-state index in [-0.39, 0.29) is 0 Å². The number of unbranched alkanes of at least 4 members (excludes halogenated alkanes) is 1. The second-order valence-electron chi connectivity index (χ2n) is 5.36. The van der Waals surface area contributed by atoms with E-state index in [1.165, 1.54) is 44.2 Å². The maximum Gasteiger partial charge on any atom is 0.130 e. The smallest absolute Gasteiger partial charge is 0.130 e. The van der Waals surface area contributed by atoms with Gasteiger partial charge in [-0.05, 0) is 38.4 Å². The number of hydrogen-bond acceptors (Lipinski definition) is 3. The van der Waals surface area contributed by atoms with Crippen LogP contribution in [-0.4, -0.2) is 29.5 Å². The van der Waals surface area contributed by atoms with Crippen molar-refractivity contribution in [2.45, 2.75) is 52.0 Å². The predicted octanol–water partition coefficient (Wildman–Crippen LogP) is 3.84. The van der Waals surface area contributed by atoms with Crippen LogP contribution in [0.1, 0.15) is 57.6 Å². The Morgan fingerprint density at radius 1 is 1.37 bits per heavy atom. The lowest BCUT2D eigenvalue weighted by Gasteiger charge is -2.35.